The van der Waals surface area contributed by atoms with Crippen LogP contribution in [-0.2, 0) is 14.8 Å². The predicted molar refractivity (Wildman–Crippen MR) is 99.5 cm³/mol. The van der Waals surface area contributed by atoms with Crippen molar-refractivity contribution in [3.05, 3.63) is 29.8 Å². The second kappa shape index (κ2) is 8.50. The lowest BCUT2D eigenvalue weighted by Crippen LogP contribution is -2.38. The summed E-state index contributed by atoms with van der Waals surface area (Å²) in [7, 11) is -3.58. The molecule has 2 heterocycles. The summed E-state index contributed by atoms with van der Waals surface area (Å²) >= 11 is 0. The molecule has 144 valence electrons. The van der Waals surface area contributed by atoms with Gasteiger partial charge in [-0.25, -0.2) is 13.1 Å². The van der Waals surface area contributed by atoms with E-state index in [1.54, 1.807) is 12.1 Å². The lowest BCUT2D eigenvalue weighted by Gasteiger charge is -2.31. The maximum atomic E-state index is 12.6. The van der Waals surface area contributed by atoms with E-state index >= 15 is 0 Å². The molecule has 7 heteroatoms. The third-order valence-electron chi connectivity index (χ3n) is 5.42. The van der Waals surface area contributed by atoms with E-state index in [1.165, 1.54) is 12.1 Å². The average Bonchev–Trinajstić information content (AvgIpc) is 3.20. The second-order valence-corrected chi connectivity index (χ2v) is 8.92. The molecule has 0 saturated carbocycles. The number of nitrogens with zero attached hydrogens (tertiary/aromatic N) is 1. The molecule has 0 aromatic heterocycles. The number of hydrogen-bond acceptors (Lipinski definition) is 4. The second-order valence-electron chi connectivity index (χ2n) is 7.16. The van der Waals surface area contributed by atoms with Gasteiger partial charge in [-0.2, -0.15) is 0 Å². The Morgan fingerprint density at radius 1 is 1.19 bits per heavy atom. The van der Waals surface area contributed by atoms with E-state index in [4.69, 9.17) is 4.74 Å². The molecule has 1 aromatic carbocycles. The van der Waals surface area contributed by atoms with Gasteiger partial charge in [0.25, 0.3) is 5.91 Å². The monoisotopic (exact) mass is 380 g/mol. The number of sulfonamides is 1. The number of hydrogen-bond donors (Lipinski definition) is 1. The number of nitrogens with one attached hydrogen (secondary N) is 1. The first-order valence-electron chi connectivity index (χ1n) is 9.50. The van der Waals surface area contributed by atoms with Gasteiger partial charge in [0, 0.05) is 31.8 Å². The maximum Gasteiger partial charge on any atom is 0.253 e. The molecule has 0 unspecified atom stereocenters. The van der Waals surface area contributed by atoms with Crippen LogP contribution in [0, 0.1) is 5.92 Å². The number of amides is 1. The Hall–Kier alpha value is -1.44. The van der Waals surface area contributed by atoms with Gasteiger partial charge in [-0.15, -0.1) is 0 Å². The number of likely N-dealkylation sites (tertiary alicyclic amines) is 1. The lowest BCUT2D eigenvalue weighted by atomic mass is 9.94. The summed E-state index contributed by atoms with van der Waals surface area (Å²) in [6, 6.07) is 6.22. The molecule has 1 N–H and O–H groups in total. The quantitative estimate of drug-likeness (QED) is 0.822. The van der Waals surface area contributed by atoms with Gasteiger partial charge in [-0.1, -0.05) is 13.3 Å². The Balaban J connectivity index is 1.59. The van der Waals surface area contributed by atoms with Crippen molar-refractivity contribution < 1.29 is 17.9 Å². The molecular weight excluding hydrogens is 352 g/mol. The van der Waals surface area contributed by atoms with Crippen molar-refractivity contribution in [2.75, 3.05) is 26.2 Å². The van der Waals surface area contributed by atoms with Crippen molar-refractivity contribution in [2.45, 2.75) is 50.0 Å². The van der Waals surface area contributed by atoms with E-state index in [1.807, 2.05) is 4.90 Å². The minimum atomic E-state index is -3.58. The van der Waals surface area contributed by atoms with Crippen LogP contribution in [0.1, 0.15) is 49.4 Å². The number of benzene rings is 1. The van der Waals surface area contributed by atoms with Crippen molar-refractivity contribution in [3.8, 4) is 0 Å². The number of carbonyl (C=O) groups is 1. The molecule has 2 aliphatic heterocycles. The van der Waals surface area contributed by atoms with E-state index in [0.29, 0.717) is 18.1 Å². The Kier molecular flexibility index (Phi) is 6.32. The number of rotatable bonds is 6. The minimum Gasteiger partial charge on any atom is -0.377 e. The van der Waals surface area contributed by atoms with Crippen LogP contribution < -0.4 is 4.72 Å². The molecule has 0 radical (unpaired) electrons. The van der Waals surface area contributed by atoms with Crippen molar-refractivity contribution in [1.82, 2.24) is 9.62 Å². The molecule has 2 saturated heterocycles. The van der Waals surface area contributed by atoms with Crippen molar-refractivity contribution in [3.63, 3.8) is 0 Å². The SMILES string of the molecule is CCC1CCN(C(=O)c2ccc(S(=O)(=O)NC[C@@H]3CCCO3)cc2)CC1. The van der Waals surface area contributed by atoms with Crippen molar-refractivity contribution >= 4 is 15.9 Å². The lowest BCUT2D eigenvalue weighted by molar-refractivity contribution is 0.0688. The van der Waals surface area contributed by atoms with Gasteiger partial charge >= 0.3 is 0 Å². The molecule has 1 aromatic rings. The predicted octanol–water partition coefficient (Wildman–Crippen LogP) is 2.41. The summed E-state index contributed by atoms with van der Waals surface area (Å²) < 4.78 is 32.8. The molecule has 1 amide bonds. The van der Waals surface area contributed by atoms with Crippen LogP contribution in [0.4, 0.5) is 0 Å². The van der Waals surface area contributed by atoms with Crippen LogP contribution in [0.3, 0.4) is 0 Å². The van der Waals surface area contributed by atoms with E-state index in [-0.39, 0.29) is 23.5 Å². The molecule has 0 aliphatic carbocycles. The average molecular weight is 381 g/mol. The van der Waals surface area contributed by atoms with Gasteiger partial charge in [0.2, 0.25) is 10.0 Å². The summed E-state index contributed by atoms with van der Waals surface area (Å²) in [5.74, 6) is 0.692. The Bertz CT molecular complexity index is 704. The molecule has 6 nitrogen and oxygen atoms in total. The number of carbonyl (C=O) groups excluding carboxylic acids is 1. The third kappa shape index (κ3) is 4.64. The smallest absolute Gasteiger partial charge is 0.253 e. The van der Waals surface area contributed by atoms with E-state index in [0.717, 1.165) is 45.2 Å². The summed E-state index contributed by atoms with van der Waals surface area (Å²) in [6.07, 6.45) is 5.05. The fourth-order valence-electron chi connectivity index (χ4n) is 3.59. The highest BCUT2D eigenvalue weighted by Gasteiger charge is 2.24. The van der Waals surface area contributed by atoms with Gasteiger partial charge in [0.15, 0.2) is 0 Å². The van der Waals surface area contributed by atoms with Gasteiger partial charge in [0.1, 0.15) is 0 Å². The highest BCUT2D eigenvalue weighted by Crippen LogP contribution is 2.22. The van der Waals surface area contributed by atoms with Crippen molar-refractivity contribution in [2.24, 2.45) is 5.92 Å². The zero-order valence-corrected chi connectivity index (χ0v) is 16.1. The Morgan fingerprint density at radius 2 is 1.88 bits per heavy atom. The highest BCUT2D eigenvalue weighted by atomic mass is 32.2. The van der Waals surface area contributed by atoms with Crippen molar-refractivity contribution in [1.29, 1.82) is 0 Å². The molecule has 2 fully saturated rings. The maximum absolute atomic E-state index is 12.6. The third-order valence-corrected chi connectivity index (χ3v) is 6.86. The normalized spacial score (nSPS) is 21.9. The van der Waals surface area contributed by atoms with Gasteiger partial charge < -0.3 is 9.64 Å². The molecule has 2 aliphatic rings. The molecule has 0 bridgehead atoms. The molecule has 26 heavy (non-hydrogen) atoms. The van der Waals surface area contributed by atoms with Gasteiger partial charge in [0.05, 0.1) is 11.0 Å². The molecular formula is C19H28N2O4S. The zero-order chi connectivity index (χ0) is 18.6. The van der Waals surface area contributed by atoms with Gasteiger partial charge in [-0.3, -0.25) is 4.79 Å². The van der Waals surface area contributed by atoms with Crippen LogP contribution in [0.15, 0.2) is 29.2 Å². The largest absolute Gasteiger partial charge is 0.377 e. The van der Waals surface area contributed by atoms with E-state index < -0.39 is 10.0 Å². The van der Waals surface area contributed by atoms with Crippen LogP contribution in [-0.4, -0.2) is 51.6 Å². The number of ether oxygens (including phenoxy) is 1. The summed E-state index contributed by atoms with van der Waals surface area (Å²) in [4.78, 5) is 14.6. The van der Waals surface area contributed by atoms with Crippen LogP contribution in [0.25, 0.3) is 0 Å². The van der Waals surface area contributed by atoms with Gasteiger partial charge in [-0.05, 0) is 55.9 Å². The number of piperidine rings is 1. The van der Waals surface area contributed by atoms with Crippen LogP contribution in [0.2, 0.25) is 0 Å². The highest BCUT2D eigenvalue weighted by molar-refractivity contribution is 7.89. The molecule has 1 atom stereocenters. The zero-order valence-electron chi connectivity index (χ0n) is 15.3. The molecule has 0 spiro atoms. The van der Waals surface area contributed by atoms with E-state index in [2.05, 4.69) is 11.6 Å². The van der Waals surface area contributed by atoms with Crippen LogP contribution in [0.5, 0.6) is 0 Å². The first kappa shape index (κ1) is 19.3. The fraction of sp³-hybridized carbons (Fsp3) is 0.632. The summed E-state index contributed by atoms with van der Waals surface area (Å²) in [5, 5.41) is 0. The fourth-order valence-corrected chi connectivity index (χ4v) is 4.66. The molecule has 3 rings (SSSR count). The Labute approximate surface area is 156 Å². The standard InChI is InChI=1S/C19H28N2O4S/c1-2-15-9-11-21(12-10-15)19(22)16-5-7-18(8-6-16)26(23,24)20-14-17-4-3-13-25-17/h5-8,15,17,20H,2-4,9-14H2,1H3/t17-/m0/s1. The van der Waals surface area contributed by atoms with E-state index in [9.17, 15) is 13.2 Å². The first-order valence-corrected chi connectivity index (χ1v) is 11.0. The first-order chi connectivity index (χ1) is 12.5. The summed E-state index contributed by atoms with van der Waals surface area (Å²) in [6.45, 7) is 4.73. The van der Waals surface area contributed by atoms with Crippen LogP contribution >= 0.6 is 0 Å². The Morgan fingerprint density at radius 3 is 2.46 bits per heavy atom. The minimum absolute atomic E-state index is 0.0178. The summed E-state index contributed by atoms with van der Waals surface area (Å²) in [5.41, 5.74) is 0.540. The topological polar surface area (TPSA) is 75.7 Å².